The number of thiol groups is 1. The number of aromatic nitrogens is 4. The van der Waals surface area contributed by atoms with Gasteiger partial charge in [-0.25, -0.2) is 4.98 Å². The SMILES string of the molecule is C[C@H]1COCCN1[C@H]1CC[C@H](c2cnc3c(c2)c(-c2cnn(C)c2)cn3S)CC1. The van der Waals surface area contributed by atoms with Crippen molar-refractivity contribution in [3.63, 3.8) is 0 Å². The van der Waals surface area contributed by atoms with E-state index in [1.54, 1.807) is 0 Å². The molecule has 5 rings (SSSR count). The molecule has 1 aliphatic carbocycles. The number of ether oxygens (including phenoxy) is 1. The number of fused-ring (bicyclic) bond motifs is 1. The van der Waals surface area contributed by atoms with Crippen LogP contribution in [0.1, 0.15) is 44.1 Å². The molecule has 1 saturated carbocycles. The Morgan fingerprint density at radius 2 is 1.97 bits per heavy atom. The van der Waals surface area contributed by atoms with Crippen LogP contribution >= 0.6 is 12.8 Å². The van der Waals surface area contributed by atoms with Gasteiger partial charge in [0.2, 0.25) is 0 Å². The summed E-state index contributed by atoms with van der Waals surface area (Å²) in [7, 11) is 1.95. The van der Waals surface area contributed by atoms with E-state index in [2.05, 4.69) is 42.0 Å². The Kier molecular flexibility index (Phi) is 5.14. The van der Waals surface area contributed by atoms with Gasteiger partial charge in [0, 0.05) is 60.8 Å². The van der Waals surface area contributed by atoms with E-state index in [9.17, 15) is 0 Å². The van der Waals surface area contributed by atoms with E-state index < -0.39 is 0 Å². The second-order valence-corrected chi connectivity index (χ2v) is 9.03. The Labute approximate surface area is 177 Å². The largest absolute Gasteiger partial charge is 0.379 e. The van der Waals surface area contributed by atoms with Gasteiger partial charge in [-0.15, -0.1) is 0 Å². The third-order valence-electron chi connectivity index (χ3n) is 6.72. The van der Waals surface area contributed by atoms with Crippen molar-refractivity contribution in [3.8, 4) is 11.1 Å². The smallest absolute Gasteiger partial charge is 0.150 e. The highest BCUT2D eigenvalue weighted by atomic mass is 32.1. The summed E-state index contributed by atoms with van der Waals surface area (Å²) >= 11 is 4.58. The zero-order valence-corrected chi connectivity index (χ0v) is 18.1. The molecular formula is C22H29N5OS. The number of hydrogen-bond donors (Lipinski definition) is 1. The first-order chi connectivity index (χ1) is 14.1. The summed E-state index contributed by atoms with van der Waals surface area (Å²) in [6.45, 7) is 5.13. The van der Waals surface area contributed by atoms with Gasteiger partial charge in [-0.2, -0.15) is 5.10 Å². The van der Waals surface area contributed by atoms with Crippen LogP contribution in [-0.4, -0.2) is 55.5 Å². The van der Waals surface area contributed by atoms with Crippen LogP contribution in [0.5, 0.6) is 0 Å². The quantitative estimate of drug-likeness (QED) is 0.665. The molecule has 6 nitrogen and oxygen atoms in total. The Bertz CT molecular complexity index is 1000. The summed E-state index contributed by atoms with van der Waals surface area (Å²) in [5.41, 5.74) is 4.52. The number of morpholine rings is 1. The Morgan fingerprint density at radius 3 is 2.69 bits per heavy atom. The van der Waals surface area contributed by atoms with Crippen LogP contribution in [0.4, 0.5) is 0 Å². The highest BCUT2D eigenvalue weighted by molar-refractivity contribution is 7.78. The van der Waals surface area contributed by atoms with Crippen LogP contribution in [0.3, 0.4) is 0 Å². The number of aryl methyl sites for hydroxylation is 1. The minimum Gasteiger partial charge on any atom is -0.379 e. The maximum Gasteiger partial charge on any atom is 0.150 e. The summed E-state index contributed by atoms with van der Waals surface area (Å²) < 4.78 is 9.27. The minimum absolute atomic E-state index is 0.542. The van der Waals surface area contributed by atoms with E-state index in [1.807, 2.05) is 34.3 Å². The van der Waals surface area contributed by atoms with Crippen molar-refractivity contribution < 1.29 is 4.74 Å². The summed E-state index contributed by atoms with van der Waals surface area (Å²) in [6.07, 6.45) is 13.0. The van der Waals surface area contributed by atoms with Crippen molar-refractivity contribution in [2.24, 2.45) is 7.05 Å². The van der Waals surface area contributed by atoms with Crippen LogP contribution in [-0.2, 0) is 11.8 Å². The zero-order chi connectivity index (χ0) is 20.0. The maximum absolute atomic E-state index is 5.62. The normalized spacial score (nSPS) is 26.2. The maximum atomic E-state index is 5.62. The molecule has 7 heteroatoms. The Morgan fingerprint density at radius 1 is 1.14 bits per heavy atom. The molecule has 0 aromatic carbocycles. The molecule has 29 heavy (non-hydrogen) atoms. The van der Waals surface area contributed by atoms with Gasteiger partial charge in [0.15, 0.2) is 0 Å². The van der Waals surface area contributed by atoms with E-state index >= 15 is 0 Å². The second-order valence-electron chi connectivity index (χ2n) is 8.60. The third kappa shape index (κ3) is 3.60. The Hall–Kier alpha value is -1.83. The molecule has 3 aromatic rings. The van der Waals surface area contributed by atoms with E-state index in [0.29, 0.717) is 18.0 Å². The van der Waals surface area contributed by atoms with Crippen LogP contribution < -0.4 is 0 Å². The van der Waals surface area contributed by atoms with E-state index in [-0.39, 0.29) is 0 Å². The first-order valence-electron chi connectivity index (χ1n) is 10.6. The molecule has 0 radical (unpaired) electrons. The highest BCUT2D eigenvalue weighted by Crippen LogP contribution is 2.38. The number of hydrogen-bond acceptors (Lipinski definition) is 5. The number of nitrogens with zero attached hydrogens (tertiary/aromatic N) is 5. The molecule has 1 atom stereocenters. The van der Waals surface area contributed by atoms with Gasteiger partial charge in [0.1, 0.15) is 5.65 Å². The molecule has 3 aromatic heterocycles. The average molecular weight is 412 g/mol. The lowest BCUT2D eigenvalue weighted by atomic mass is 9.81. The van der Waals surface area contributed by atoms with E-state index in [4.69, 9.17) is 9.72 Å². The molecule has 0 bridgehead atoms. The van der Waals surface area contributed by atoms with Gasteiger partial charge < -0.3 is 4.74 Å². The van der Waals surface area contributed by atoms with Crippen LogP contribution in [0.2, 0.25) is 0 Å². The lowest BCUT2D eigenvalue weighted by Gasteiger charge is -2.42. The molecule has 2 fully saturated rings. The molecular weight excluding hydrogens is 382 g/mol. The first kappa shape index (κ1) is 19.2. The Balaban J connectivity index is 1.37. The minimum atomic E-state index is 0.542. The van der Waals surface area contributed by atoms with Gasteiger partial charge in [-0.3, -0.25) is 13.6 Å². The summed E-state index contributed by atoms with van der Waals surface area (Å²) in [4.78, 5) is 7.43. The predicted octanol–water partition coefficient (Wildman–Crippen LogP) is 3.88. The fraction of sp³-hybridized carbons (Fsp3) is 0.545. The van der Waals surface area contributed by atoms with Crippen LogP contribution in [0.25, 0.3) is 22.2 Å². The van der Waals surface area contributed by atoms with Crippen molar-refractivity contribution in [3.05, 3.63) is 36.4 Å². The van der Waals surface area contributed by atoms with Gasteiger partial charge in [-0.1, -0.05) is 12.8 Å². The van der Waals surface area contributed by atoms with Crippen LogP contribution in [0, 0.1) is 0 Å². The van der Waals surface area contributed by atoms with Crippen molar-refractivity contribution in [1.82, 2.24) is 23.6 Å². The molecule has 1 saturated heterocycles. The van der Waals surface area contributed by atoms with Crippen LogP contribution in [0.15, 0.2) is 30.9 Å². The fourth-order valence-electron chi connectivity index (χ4n) is 5.14. The van der Waals surface area contributed by atoms with Gasteiger partial charge in [-0.05, 0) is 50.2 Å². The summed E-state index contributed by atoms with van der Waals surface area (Å²) in [6, 6.07) is 3.58. The second kappa shape index (κ2) is 7.78. The first-order valence-corrected chi connectivity index (χ1v) is 11.0. The van der Waals surface area contributed by atoms with Crippen molar-refractivity contribution in [1.29, 1.82) is 0 Å². The van der Waals surface area contributed by atoms with Crippen molar-refractivity contribution in [2.45, 2.75) is 50.6 Å². The van der Waals surface area contributed by atoms with Gasteiger partial charge in [0.25, 0.3) is 0 Å². The topological polar surface area (TPSA) is 48.1 Å². The average Bonchev–Trinajstić information content (AvgIpc) is 3.31. The predicted molar refractivity (Wildman–Crippen MR) is 118 cm³/mol. The van der Waals surface area contributed by atoms with E-state index in [1.165, 1.54) is 31.2 Å². The third-order valence-corrected chi connectivity index (χ3v) is 7.02. The van der Waals surface area contributed by atoms with Gasteiger partial charge >= 0.3 is 0 Å². The number of pyridine rings is 1. The molecule has 154 valence electrons. The lowest BCUT2D eigenvalue weighted by Crippen LogP contribution is -2.50. The van der Waals surface area contributed by atoms with E-state index in [0.717, 1.165) is 41.9 Å². The molecule has 0 N–H and O–H groups in total. The van der Waals surface area contributed by atoms with Crippen molar-refractivity contribution >= 4 is 23.8 Å². The van der Waals surface area contributed by atoms with Gasteiger partial charge in [0.05, 0.1) is 19.4 Å². The summed E-state index contributed by atoms with van der Waals surface area (Å²) in [5, 5.41) is 5.49. The number of rotatable bonds is 3. The molecule has 0 amide bonds. The molecule has 0 unspecified atom stereocenters. The highest BCUT2D eigenvalue weighted by Gasteiger charge is 2.31. The summed E-state index contributed by atoms with van der Waals surface area (Å²) in [5.74, 6) is 0.588. The molecule has 4 heterocycles. The fourth-order valence-corrected chi connectivity index (χ4v) is 5.42. The molecule has 2 aliphatic rings. The molecule has 1 aliphatic heterocycles. The monoisotopic (exact) mass is 411 g/mol. The standard InChI is InChI=1S/C22H29N5OS/c1-15-14-28-8-7-26(15)19-5-3-16(4-6-19)17-9-20-21(18-11-24-25(2)12-18)13-27(29)22(20)23-10-17/h9-13,15-16,19,29H,3-8,14H2,1-2H3/t15-,16-,19-/m0/s1. The lowest BCUT2D eigenvalue weighted by molar-refractivity contribution is -0.0301. The zero-order valence-electron chi connectivity index (χ0n) is 17.2. The molecule has 0 spiro atoms. The van der Waals surface area contributed by atoms with Crippen molar-refractivity contribution in [2.75, 3.05) is 19.8 Å².